The molecule has 0 spiro atoms. The summed E-state index contributed by atoms with van der Waals surface area (Å²) in [4.78, 5) is 0. The predicted molar refractivity (Wildman–Crippen MR) is 79.5 cm³/mol. The fourth-order valence-corrected chi connectivity index (χ4v) is 2.39. The Hall–Kier alpha value is -1.26. The van der Waals surface area contributed by atoms with E-state index in [9.17, 15) is 0 Å². The molecule has 1 aromatic carbocycles. The summed E-state index contributed by atoms with van der Waals surface area (Å²) in [7, 11) is 1.67. The molecule has 1 aliphatic rings. The average Bonchev–Trinajstić information content (AvgIpc) is 2.98. The summed E-state index contributed by atoms with van der Waals surface area (Å²) in [5.74, 6) is 1.61. The SMILES string of the molecule is CCNCc1ccc(OC)c(OCCC2CCCO2)c1. The van der Waals surface area contributed by atoms with Crippen LogP contribution in [0, 0.1) is 0 Å². The van der Waals surface area contributed by atoms with Crippen LogP contribution in [0.3, 0.4) is 0 Å². The second-order valence-corrected chi connectivity index (χ2v) is 5.04. The van der Waals surface area contributed by atoms with E-state index in [1.807, 2.05) is 6.07 Å². The first-order chi connectivity index (χ1) is 9.83. The van der Waals surface area contributed by atoms with Gasteiger partial charge in [-0.05, 0) is 37.1 Å². The summed E-state index contributed by atoms with van der Waals surface area (Å²) in [6.45, 7) is 5.48. The molecule has 1 saturated heterocycles. The molecule has 0 radical (unpaired) electrons. The molecular weight excluding hydrogens is 254 g/mol. The summed E-state index contributed by atoms with van der Waals surface area (Å²) in [6, 6.07) is 6.08. The molecule has 4 nitrogen and oxygen atoms in total. The average molecular weight is 279 g/mol. The molecule has 1 unspecified atom stereocenters. The Morgan fingerprint density at radius 3 is 2.95 bits per heavy atom. The van der Waals surface area contributed by atoms with E-state index in [4.69, 9.17) is 14.2 Å². The van der Waals surface area contributed by atoms with Crippen molar-refractivity contribution in [3.63, 3.8) is 0 Å². The Bertz CT molecular complexity index is 403. The van der Waals surface area contributed by atoms with Crippen molar-refractivity contribution in [2.45, 2.75) is 38.8 Å². The quantitative estimate of drug-likeness (QED) is 0.794. The van der Waals surface area contributed by atoms with Crippen molar-refractivity contribution in [1.29, 1.82) is 0 Å². The van der Waals surface area contributed by atoms with Gasteiger partial charge < -0.3 is 19.5 Å². The fraction of sp³-hybridized carbons (Fsp3) is 0.625. The van der Waals surface area contributed by atoms with Crippen LogP contribution in [0.4, 0.5) is 0 Å². The number of rotatable bonds is 8. The molecule has 112 valence electrons. The molecule has 0 saturated carbocycles. The molecule has 20 heavy (non-hydrogen) atoms. The third-order valence-electron chi connectivity index (χ3n) is 3.53. The van der Waals surface area contributed by atoms with Gasteiger partial charge in [0.2, 0.25) is 0 Å². The molecule has 1 aromatic rings. The molecular formula is C16H25NO3. The third-order valence-corrected chi connectivity index (χ3v) is 3.53. The first-order valence-electron chi connectivity index (χ1n) is 7.45. The Morgan fingerprint density at radius 2 is 2.25 bits per heavy atom. The number of nitrogens with one attached hydrogen (secondary N) is 1. The Morgan fingerprint density at radius 1 is 1.35 bits per heavy atom. The summed E-state index contributed by atoms with van der Waals surface area (Å²) in [5, 5.41) is 3.31. The van der Waals surface area contributed by atoms with Gasteiger partial charge in [-0.15, -0.1) is 0 Å². The van der Waals surface area contributed by atoms with Crippen molar-refractivity contribution >= 4 is 0 Å². The monoisotopic (exact) mass is 279 g/mol. The minimum atomic E-state index is 0.367. The molecule has 0 amide bonds. The lowest BCUT2D eigenvalue weighted by molar-refractivity contribution is 0.0899. The van der Waals surface area contributed by atoms with Crippen LogP contribution in [-0.2, 0) is 11.3 Å². The van der Waals surface area contributed by atoms with E-state index in [2.05, 4.69) is 24.4 Å². The van der Waals surface area contributed by atoms with Crippen LogP contribution >= 0.6 is 0 Å². The van der Waals surface area contributed by atoms with E-state index >= 15 is 0 Å². The zero-order chi connectivity index (χ0) is 14.2. The van der Waals surface area contributed by atoms with Crippen LogP contribution in [0.2, 0.25) is 0 Å². The fourth-order valence-electron chi connectivity index (χ4n) is 2.39. The van der Waals surface area contributed by atoms with Crippen LogP contribution < -0.4 is 14.8 Å². The summed E-state index contributed by atoms with van der Waals surface area (Å²) >= 11 is 0. The highest BCUT2D eigenvalue weighted by molar-refractivity contribution is 5.42. The van der Waals surface area contributed by atoms with Crippen LogP contribution in [0.1, 0.15) is 31.7 Å². The highest BCUT2D eigenvalue weighted by atomic mass is 16.5. The predicted octanol–water partition coefficient (Wildman–Crippen LogP) is 2.75. The van der Waals surface area contributed by atoms with Crippen LogP contribution in [0.15, 0.2) is 18.2 Å². The van der Waals surface area contributed by atoms with Gasteiger partial charge in [0, 0.05) is 19.6 Å². The lowest BCUT2D eigenvalue weighted by Gasteiger charge is -2.14. The summed E-state index contributed by atoms with van der Waals surface area (Å²) in [5.41, 5.74) is 1.21. The molecule has 1 atom stereocenters. The zero-order valence-electron chi connectivity index (χ0n) is 12.5. The molecule has 4 heteroatoms. The van der Waals surface area contributed by atoms with E-state index in [-0.39, 0.29) is 0 Å². The maximum atomic E-state index is 5.88. The van der Waals surface area contributed by atoms with Gasteiger partial charge in [-0.3, -0.25) is 0 Å². The molecule has 1 N–H and O–H groups in total. The number of benzene rings is 1. The third kappa shape index (κ3) is 4.39. The van der Waals surface area contributed by atoms with Crippen molar-refractivity contribution < 1.29 is 14.2 Å². The molecule has 0 aromatic heterocycles. The smallest absolute Gasteiger partial charge is 0.161 e. The number of methoxy groups -OCH3 is 1. The largest absolute Gasteiger partial charge is 0.493 e. The van der Waals surface area contributed by atoms with Crippen LogP contribution in [-0.4, -0.2) is 33.0 Å². The molecule has 1 aliphatic heterocycles. The topological polar surface area (TPSA) is 39.7 Å². The van der Waals surface area contributed by atoms with Gasteiger partial charge in [-0.25, -0.2) is 0 Å². The summed E-state index contributed by atoms with van der Waals surface area (Å²) < 4.78 is 16.8. The molecule has 0 aliphatic carbocycles. The standard InChI is InChI=1S/C16H25NO3/c1-3-17-12-13-6-7-15(18-2)16(11-13)20-10-8-14-5-4-9-19-14/h6-7,11,14,17H,3-5,8-10,12H2,1-2H3. The van der Waals surface area contributed by atoms with Crippen molar-refractivity contribution in [3.05, 3.63) is 23.8 Å². The van der Waals surface area contributed by atoms with E-state index in [0.717, 1.165) is 44.0 Å². The Kier molecular flexibility index (Phi) is 6.15. The highest BCUT2D eigenvalue weighted by Crippen LogP contribution is 2.28. The van der Waals surface area contributed by atoms with Gasteiger partial charge in [0.05, 0.1) is 19.8 Å². The van der Waals surface area contributed by atoms with E-state index in [1.165, 1.54) is 12.0 Å². The van der Waals surface area contributed by atoms with Crippen molar-refractivity contribution in [3.8, 4) is 11.5 Å². The lowest BCUT2D eigenvalue weighted by atomic mass is 10.2. The number of ether oxygens (including phenoxy) is 3. The number of hydrogen-bond donors (Lipinski definition) is 1. The molecule has 0 bridgehead atoms. The highest BCUT2D eigenvalue weighted by Gasteiger charge is 2.15. The van der Waals surface area contributed by atoms with Gasteiger partial charge >= 0.3 is 0 Å². The lowest BCUT2D eigenvalue weighted by Crippen LogP contribution is -2.13. The molecule has 2 rings (SSSR count). The summed E-state index contributed by atoms with van der Waals surface area (Å²) in [6.07, 6.45) is 3.64. The van der Waals surface area contributed by atoms with Gasteiger partial charge in [0.25, 0.3) is 0 Å². The number of hydrogen-bond acceptors (Lipinski definition) is 4. The zero-order valence-corrected chi connectivity index (χ0v) is 12.5. The second-order valence-electron chi connectivity index (χ2n) is 5.04. The molecule has 1 fully saturated rings. The van der Waals surface area contributed by atoms with Gasteiger partial charge in [0.15, 0.2) is 11.5 Å². The van der Waals surface area contributed by atoms with Crippen LogP contribution in [0.5, 0.6) is 11.5 Å². The van der Waals surface area contributed by atoms with E-state index < -0.39 is 0 Å². The van der Waals surface area contributed by atoms with Gasteiger partial charge in [-0.2, -0.15) is 0 Å². The maximum absolute atomic E-state index is 5.88. The first kappa shape index (κ1) is 15.1. The van der Waals surface area contributed by atoms with Gasteiger partial charge in [-0.1, -0.05) is 13.0 Å². The van der Waals surface area contributed by atoms with E-state index in [0.29, 0.717) is 12.7 Å². The maximum Gasteiger partial charge on any atom is 0.161 e. The van der Waals surface area contributed by atoms with Crippen molar-refractivity contribution in [2.24, 2.45) is 0 Å². The van der Waals surface area contributed by atoms with E-state index in [1.54, 1.807) is 7.11 Å². The van der Waals surface area contributed by atoms with Crippen molar-refractivity contribution in [1.82, 2.24) is 5.32 Å². The van der Waals surface area contributed by atoms with Crippen molar-refractivity contribution in [2.75, 3.05) is 26.9 Å². The Balaban J connectivity index is 1.89. The second kappa shape index (κ2) is 8.12. The minimum absolute atomic E-state index is 0.367. The first-order valence-corrected chi connectivity index (χ1v) is 7.45. The van der Waals surface area contributed by atoms with Crippen LogP contribution in [0.25, 0.3) is 0 Å². The minimum Gasteiger partial charge on any atom is -0.493 e. The normalized spacial score (nSPS) is 18.2. The Labute approximate surface area is 121 Å². The van der Waals surface area contributed by atoms with Gasteiger partial charge in [0.1, 0.15) is 0 Å². The molecule has 1 heterocycles.